The van der Waals surface area contributed by atoms with E-state index >= 15 is 0 Å². The van der Waals surface area contributed by atoms with Crippen LogP contribution >= 0.6 is 0 Å². The standard InChI is InChI=1S/C12H28N2O/c1-10(2)14-9-11(3)13-8-7-12(4,5)15-6/h10-11,13-14H,7-9H2,1-6H3. The van der Waals surface area contributed by atoms with Gasteiger partial charge in [0, 0.05) is 25.7 Å². The van der Waals surface area contributed by atoms with Gasteiger partial charge in [0.15, 0.2) is 0 Å². The Labute approximate surface area is 95.0 Å². The Morgan fingerprint density at radius 2 is 1.73 bits per heavy atom. The molecule has 0 aliphatic carbocycles. The first-order valence-electron chi connectivity index (χ1n) is 5.89. The lowest BCUT2D eigenvalue weighted by atomic mass is 10.1. The van der Waals surface area contributed by atoms with Crippen LogP contribution < -0.4 is 10.6 Å². The first-order chi connectivity index (χ1) is 6.87. The Kier molecular flexibility index (Phi) is 7.14. The van der Waals surface area contributed by atoms with E-state index in [2.05, 4.69) is 45.3 Å². The zero-order valence-corrected chi connectivity index (χ0v) is 11.2. The van der Waals surface area contributed by atoms with Crippen LogP contribution in [-0.2, 0) is 4.74 Å². The van der Waals surface area contributed by atoms with Crippen LogP contribution in [0.3, 0.4) is 0 Å². The van der Waals surface area contributed by atoms with Gasteiger partial charge in [0.1, 0.15) is 0 Å². The van der Waals surface area contributed by atoms with Crippen molar-refractivity contribution in [3.8, 4) is 0 Å². The lowest BCUT2D eigenvalue weighted by molar-refractivity contribution is 0.0154. The van der Waals surface area contributed by atoms with Gasteiger partial charge in [-0.1, -0.05) is 13.8 Å². The van der Waals surface area contributed by atoms with E-state index in [-0.39, 0.29) is 5.60 Å². The van der Waals surface area contributed by atoms with Crippen molar-refractivity contribution in [1.29, 1.82) is 0 Å². The highest BCUT2D eigenvalue weighted by Crippen LogP contribution is 2.11. The predicted octanol–water partition coefficient (Wildman–Crippen LogP) is 1.78. The van der Waals surface area contributed by atoms with Crippen molar-refractivity contribution >= 4 is 0 Å². The smallest absolute Gasteiger partial charge is 0.0634 e. The Morgan fingerprint density at radius 3 is 2.20 bits per heavy atom. The Morgan fingerprint density at radius 1 is 1.13 bits per heavy atom. The molecule has 2 N–H and O–H groups in total. The molecular formula is C12H28N2O. The number of ether oxygens (including phenoxy) is 1. The summed E-state index contributed by atoms with van der Waals surface area (Å²) in [5.74, 6) is 0. The molecule has 92 valence electrons. The van der Waals surface area contributed by atoms with Gasteiger partial charge in [-0.3, -0.25) is 0 Å². The summed E-state index contributed by atoms with van der Waals surface area (Å²) >= 11 is 0. The molecule has 0 saturated heterocycles. The molecular weight excluding hydrogens is 188 g/mol. The summed E-state index contributed by atoms with van der Waals surface area (Å²) in [4.78, 5) is 0. The third kappa shape index (κ3) is 8.85. The highest BCUT2D eigenvalue weighted by Gasteiger charge is 2.15. The number of rotatable bonds is 8. The molecule has 0 aliphatic rings. The second-order valence-electron chi connectivity index (χ2n) is 5.13. The molecule has 0 rings (SSSR count). The fourth-order valence-corrected chi connectivity index (χ4v) is 1.21. The van der Waals surface area contributed by atoms with E-state index < -0.39 is 0 Å². The van der Waals surface area contributed by atoms with E-state index in [1.807, 2.05) is 0 Å². The highest BCUT2D eigenvalue weighted by atomic mass is 16.5. The SMILES string of the molecule is COC(C)(C)CCNC(C)CNC(C)C. The van der Waals surface area contributed by atoms with Gasteiger partial charge in [-0.05, 0) is 33.7 Å². The van der Waals surface area contributed by atoms with Gasteiger partial charge in [0.05, 0.1) is 5.60 Å². The molecule has 0 fully saturated rings. The molecule has 0 heterocycles. The zero-order valence-electron chi connectivity index (χ0n) is 11.2. The van der Waals surface area contributed by atoms with Gasteiger partial charge in [0.2, 0.25) is 0 Å². The molecule has 0 amide bonds. The lowest BCUT2D eigenvalue weighted by Crippen LogP contribution is -2.41. The normalized spacial score (nSPS) is 14.6. The summed E-state index contributed by atoms with van der Waals surface area (Å²) in [6, 6.07) is 1.07. The van der Waals surface area contributed by atoms with Crippen molar-refractivity contribution in [3.05, 3.63) is 0 Å². The van der Waals surface area contributed by atoms with Crippen LogP contribution in [0.25, 0.3) is 0 Å². The van der Waals surface area contributed by atoms with Gasteiger partial charge in [-0.2, -0.15) is 0 Å². The highest BCUT2D eigenvalue weighted by molar-refractivity contribution is 4.72. The molecule has 3 nitrogen and oxygen atoms in total. The van der Waals surface area contributed by atoms with Gasteiger partial charge >= 0.3 is 0 Å². The van der Waals surface area contributed by atoms with Crippen molar-refractivity contribution in [2.24, 2.45) is 0 Å². The summed E-state index contributed by atoms with van der Waals surface area (Å²) in [6.07, 6.45) is 1.04. The van der Waals surface area contributed by atoms with Crippen LogP contribution in [0.15, 0.2) is 0 Å². The molecule has 3 heteroatoms. The Bertz CT molecular complexity index is 158. The van der Waals surface area contributed by atoms with E-state index in [0.29, 0.717) is 12.1 Å². The zero-order chi connectivity index (χ0) is 11.9. The largest absolute Gasteiger partial charge is 0.379 e. The second kappa shape index (κ2) is 7.20. The van der Waals surface area contributed by atoms with Crippen LogP contribution in [0.1, 0.15) is 41.0 Å². The molecule has 0 aliphatic heterocycles. The topological polar surface area (TPSA) is 33.3 Å². The Hall–Kier alpha value is -0.120. The molecule has 1 atom stereocenters. The minimum atomic E-state index is -0.0157. The molecule has 0 aromatic heterocycles. The van der Waals surface area contributed by atoms with Gasteiger partial charge < -0.3 is 15.4 Å². The third-order valence-electron chi connectivity index (χ3n) is 2.60. The maximum Gasteiger partial charge on any atom is 0.0634 e. The summed E-state index contributed by atoms with van der Waals surface area (Å²) in [5, 5.41) is 6.90. The number of hydrogen-bond acceptors (Lipinski definition) is 3. The van der Waals surface area contributed by atoms with Crippen molar-refractivity contribution in [2.75, 3.05) is 20.2 Å². The first-order valence-corrected chi connectivity index (χ1v) is 5.89. The average molecular weight is 216 g/mol. The van der Waals surface area contributed by atoms with Crippen LogP contribution in [0.2, 0.25) is 0 Å². The number of nitrogens with one attached hydrogen (secondary N) is 2. The van der Waals surface area contributed by atoms with E-state index in [1.54, 1.807) is 7.11 Å². The molecule has 15 heavy (non-hydrogen) atoms. The van der Waals surface area contributed by atoms with E-state index in [0.717, 1.165) is 19.5 Å². The maximum absolute atomic E-state index is 5.36. The first kappa shape index (κ1) is 14.9. The van der Waals surface area contributed by atoms with E-state index in [1.165, 1.54) is 0 Å². The fourth-order valence-electron chi connectivity index (χ4n) is 1.21. The molecule has 0 saturated carbocycles. The molecule has 0 spiro atoms. The number of hydrogen-bond donors (Lipinski definition) is 2. The summed E-state index contributed by atoms with van der Waals surface area (Å²) < 4.78 is 5.36. The van der Waals surface area contributed by atoms with Crippen LogP contribution in [0.5, 0.6) is 0 Å². The number of methoxy groups -OCH3 is 1. The van der Waals surface area contributed by atoms with E-state index in [4.69, 9.17) is 4.74 Å². The minimum Gasteiger partial charge on any atom is -0.379 e. The fraction of sp³-hybridized carbons (Fsp3) is 1.00. The summed E-state index contributed by atoms with van der Waals surface area (Å²) in [6.45, 7) is 12.8. The monoisotopic (exact) mass is 216 g/mol. The summed E-state index contributed by atoms with van der Waals surface area (Å²) in [7, 11) is 1.77. The van der Waals surface area contributed by atoms with Crippen molar-refractivity contribution in [1.82, 2.24) is 10.6 Å². The quantitative estimate of drug-likeness (QED) is 0.649. The maximum atomic E-state index is 5.36. The van der Waals surface area contributed by atoms with Crippen LogP contribution in [0, 0.1) is 0 Å². The van der Waals surface area contributed by atoms with Crippen molar-refractivity contribution in [2.45, 2.75) is 58.7 Å². The van der Waals surface area contributed by atoms with Crippen molar-refractivity contribution < 1.29 is 4.74 Å². The molecule has 0 radical (unpaired) electrons. The average Bonchev–Trinajstić information content (AvgIpc) is 2.14. The molecule has 0 bridgehead atoms. The van der Waals surface area contributed by atoms with Gasteiger partial charge in [-0.25, -0.2) is 0 Å². The van der Waals surface area contributed by atoms with Gasteiger partial charge in [0.25, 0.3) is 0 Å². The Balaban J connectivity index is 3.50. The second-order valence-corrected chi connectivity index (χ2v) is 5.13. The molecule has 0 aromatic carbocycles. The third-order valence-corrected chi connectivity index (χ3v) is 2.60. The van der Waals surface area contributed by atoms with Crippen molar-refractivity contribution in [3.63, 3.8) is 0 Å². The minimum absolute atomic E-state index is 0.0157. The van der Waals surface area contributed by atoms with Crippen LogP contribution in [0.4, 0.5) is 0 Å². The van der Waals surface area contributed by atoms with Gasteiger partial charge in [-0.15, -0.1) is 0 Å². The summed E-state index contributed by atoms with van der Waals surface area (Å²) in [5.41, 5.74) is -0.0157. The lowest BCUT2D eigenvalue weighted by Gasteiger charge is -2.24. The van der Waals surface area contributed by atoms with E-state index in [9.17, 15) is 0 Å². The molecule has 1 unspecified atom stereocenters. The van der Waals surface area contributed by atoms with Crippen LogP contribution in [-0.4, -0.2) is 37.9 Å². The predicted molar refractivity (Wildman–Crippen MR) is 66.3 cm³/mol. The molecule has 0 aromatic rings.